The van der Waals surface area contributed by atoms with Gasteiger partial charge in [0, 0.05) is 37.3 Å². The molecule has 1 atom stereocenters. The number of halogens is 1. The van der Waals surface area contributed by atoms with E-state index >= 15 is 0 Å². The Kier molecular flexibility index (Phi) is 7.97. The largest absolute Gasteiger partial charge is 0.705 e. The number of carbonyl (C=O) groups excluding carboxylic acids is 1. The summed E-state index contributed by atoms with van der Waals surface area (Å²) in [5.41, 5.74) is 12.3. The maximum Gasteiger partial charge on any atom is 0.329 e. The van der Waals surface area contributed by atoms with Crippen molar-refractivity contribution in [2.24, 2.45) is 11.0 Å². The van der Waals surface area contributed by atoms with Crippen molar-refractivity contribution >= 4 is 22.8 Å². The summed E-state index contributed by atoms with van der Waals surface area (Å²) in [4.78, 5) is 35.5. The molecule has 10 heteroatoms. The van der Waals surface area contributed by atoms with E-state index in [-0.39, 0.29) is 35.4 Å². The SMILES string of the molecule is CC(c1ccnc(N=[N-])c1)N1CCC(C(=O)N2CCC(n3c(=O)n(Cc4ccccc4)c4cc(F)ccc43)CC2)CC1. The highest BCUT2D eigenvalue weighted by molar-refractivity contribution is 5.79. The third kappa shape index (κ3) is 5.51. The predicted molar refractivity (Wildman–Crippen MR) is 159 cm³/mol. The summed E-state index contributed by atoms with van der Waals surface area (Å²) >= 11 is 0. The number of likely N-dealkylation sites (tertiary alicyclic amines) is 2. The highest BCUT2D eigenvalue weighted by Crippen LogP contribution is 2.31. The molecule has 218 valence electrons. The van der Waals surface area contributed by atoms with Crippen LogP contribution in [0.3, 0.4) is 0 Å². The Morgan fingerprint density at radius 3 is 2.45 bits per heavy atom. The molecule has 0 radical (unpaired) electrons. The number of rotatable bonds is 7. The van der Waals surface area contributed by atoms with E-state index in [1.54, 1.807) is 22.9 Å². The van der Waals surface area contributed by atoms with Gasteiger partial charge in [-0.1, -0.05) is 30.3 Å². The van der Waals surface area contributed by atoms with Crippen LogP contribution in [0.1, 0.15) is 55.8 Å². The van der Waals surface area contributed by atoms with Crippen LogP contribution in [0.4, 0.5) is 10.2 Å². The lowest BCUT2D eigenvalue weighted by molar-refractivity contribution is -0.138. The molecular weight excluding hydrogens is 533 g/mol. The highest BCUT2D eigenvalue weighted by Gasteiger charge is 2.33. The van der Waals surface area contributed by atoms with E-state index in [0.717, 1.165) is 42.6 Å². The Bertz CT molecular complexity index is 1630. The second kappa shape index (κ2) is 12.0. The first-order valence-corrected chi connectivity index (χ1v) is 14.7. The van der Waals surface area contributed by atoms with Gasteiger partial charge in [0.2, 0.25) is 5.91 Å². The third-order valence-corrected chi connectivity index (χ3v) is 9.03. The molecule has 2 saturated heterocycles. The molecule has 0 aliphatic carbocycles. The minimum atomic E-state index is -0.367. The smallest absolute Gasteiger partial charge is 0.329 e. The van der Waals surface area contributed by atoms with Crippen LogP contribution >= 0.6 is 0 Å². The minimum Gasteiger partial charge on any atom is -0.705 e. The number of piperidine rings is 2. The zero-order chi connectivity index (χ0) is 29.2. The quantitative estimate of drug-likeness (QED) is 0.268. The molecule has 42 heavy (non-hydrogen) atoms. The number of benzene rings is 2. The van der Waals surface area contributed by atoms with Crippen molar-refractivity contribution in [2.45, 2.75) is 51.2 Å². The summed E-state index contributed by atoms with van der Waals surface area (Å²) in [5, 5.41) is 3.20. The average Bonchev–Trinajstić information content (AvgIpc) is 3.30. The van der Waals surface area contributed by atoms with Gasteiger partial charge in [0.05, 0.1) is 17.6 Å². The van der Waals surface area contributed by atoms with Crippen molar-refractivity contribution in [1.82, 2.24) is 23.9 Å². The first kappa shape index (κ1) is 28.0. The molecule has 1 unspecified atom stereocenters. The summed E-state index contributed by atoms with van der Waals surface area (Å²) in [7, 11) is 0. The summed E-state index contributed by atoms with van der Waals surface area (Å²) < 4.78 is 17.7. The number of hydrogen-bond acceptors (Lipinski definition) is 5. The van der Waals surface area contributed by atoms with E-state index in [1.165, 1.54) is 12.1 Å². The minimum absolute atomic E-state index is 0.0103. The van der Waals surface area contributed by atoms with Gasteiger partial charge in [0.15, 0.2) is 0 Å². The lowest BCUT2D eigenvalue weighted by atomic mass is 9.92. The highest BCUT2D eigenvalue weighted by atomic mass is 19.1. The van der Waals surface area contributed by atoms with E-state index in [1.807, 2.05) is 45.9 Å². The fourth-order valence-electron chi connectivity index (χ4n) is 6.62. The summed E-state index contributed by atoms with van der Waals surface area (Å²) in [6, 6.07) is 18.1. The second-order valence-electron chi connectivity index (χ2n) is 11.4. The molecule has 9 nitrogen and oxygen atoms in total. The molecule has 2 aromatic heterocycles. The van der Waals surface area contributed by atoms with Crippen molar-refractivity contribution < 1.29 is 9.18 Å². The lowest BCUT2D eigenvalue weighted by Crippen LogP contribution is -2.46. The Morgan fingerprint density at radius 2 is 1.74 bits per heavy atom. The molecule has 0 saturated carbocycles. The first-order chi connectivity index (χ1) is 20.4. The molecule has 6 rings (SSSR count). The maximum atomic E-state index is 14.3. The molecule has 0 bridgehead atoms. The predicted octanol–water partition coefficient (Wildman–Crippen LogP) is 5.68. The van der Waals surface area contributed by atoms with Crippen LogP contribution in [0.25, 0.3) is 16.6 Å². The van der Waals surface area contributed by atoms with Crippen LogP contribution in [0.15, 0.2) is 76.8 Å². The molecule has 2 aliphatic rings. The normalized spacial score (nSPS) is 17.9. The average molecular weight is 569 g/mol. The number of hydrogen-bond donors (Lipinski definition) is 0. The van der Waals surface area contributed by atoms with Gasteiger partial charge in [-0.25, -0.2) is 14.2 Å². The zero-order valence-electron chi connectivity index (χ0n) is 23.8. The van der Waals surface area contributed by atoms with Gasteiger partial charge in [-0.3, -0.25) is 18.8 Å². The van der Waals surface area contributed by atoms with Crippen molar-refractivity contribution in [3.63, 3.8) is 0 Å². The molecule has 2 aliphatic heterocycles. The Hall–Kier alpha value is -4.18. The van der Waals surface area contributed by atoms with E-state index in [4.69, 9.17) is 5.53 Å². The molecule has 1 amide bonds. The number of amides is 1. The molecule has 2 aromatic carbocycles. The van der Waals surface area contributed by atoms with Crippen LogP contribution < -0.4 is 5.69 Å². The molecule has 2 fully saturated rings. The van der Waals surface area contributed by atoms with Gasteiger partial charge < -0.3 is 15.5 Å². The number of imidazole rings is 1. The Morgan fingerprint density at radius 1 is 1.00 bits per heavy atom. The standard InChI is InChI=1S/C32H35FN7O2/c1-22(25-9-14-35-30(19-25)36-34)37-15-10-24(11-16-37)31(41)38-17-12-27(13-18-38)40-28-8-7-26(33)20-29(28)39(32(40)42)21-23-5-3-2-4-6-23/h2-9,14,19-20,22,24,27H,10-13,15-18,21H2,1H3/q-1. The number of fused-ring (bicyclic) bond motifs is 1. The van der Waals surface area contributed by atoms with E-state index in [9.17, 15) is 14.0 Å². The van der Waals surface area contributed by atoms with Gasteiger partial charge in [0.1, 0.15) is 11.6 Å². The van der Waals surface area contributed by atoms with Gasteiger partial charge in [-0.15, -0.1) is 0 Å². The van der Waals surface area contributed by atoms with Gasteiger partial charge >= 0.3 is 5.69 Å². The van der Waals surface area contributed by atoms with Crippen LogP contribution in [0, 0.1) is 11.7 Å². The monoisotopic (exact) mass is 568 g/mol. The van der Waals surface area contributed by atoms with Gasteiger partial charge in [-0.2, -0.15) is 0 Å². The van der Waals surface area contributed by atoms with E-state index < -0.39 is 0 Å². The van der Waals surface area contributed by atoms with Crippen molar-refractivity contribution in [3.8, 4) is 0 Å². The third-order valence-electron chi connectivity index (χ3n) is 9.03. The van der Waals surface area contributed by atoms with Gasteiger partial charge in [0.25, 0.3) is 0 Å². The summed E-state index contributed by atoms with van der Waals surface area (Å²) in [6.07, 6.45) is 4.61. The number of pyridine rings is 1. The maximum absolute atomic E-state index is 14.3. The van der Waals surface area contributed by atoms with Crippen molar-refractivity contribution in [2.75, 3.05) is 26.2 Å². The van der Waals surface area contributed by atoms with Crippen LogP contribution in [0.2, 0.25) is 0 Å². The van der Waals surface area contributed by atoms with Gasteiger partial charge in [-0.05, 0) is 87.2 Å². The van der Waals surface area contributed by atoms with Crippen molar-refractivity contribution in [1.29, 1.82) is 0 Å². The van der Waals surface area contributed by atoms with E-state index in [2.05, 4.69) is 21.9 Å². The topological polar surface area (TPSA) is 98.0 Å². The lowest BCUT2D eigenvalue weighted by Gasteiger charge is -2.39. The number of nitrogens with zero attached hydrogens (tertiary/aromatic N) is 7. The summed E-state index contributed by atoms with van der Waals surface area (Å²) in [6.45, 7) is 5.33. The summed E-state index contributed by atoms with van der Waals surface area (Å²) in [5.74, 6) is 0.118. The number of aromatic nitrogens is 3. The van der Waals surface area contributed by atoms with Crippen LogP contribution in [-0.2, 0) is 11.3 Å². The second-order valence-corrected chi connectivity index (χ2v) is 11.4. The molecule has 0 N–H and O–H groups in total. The Labute approximate surface area is 244 Å². The van der Waals surface area contributed by atoms with Crippen molar-refractivity contribution in [3.05, 3.63) is 99.8 Å². The van der Waals surface area contributed by atoms with Crippen LogP contribution in [-0.4, -0.2) is 56.0 Å². The van der Waals surface area contributed by atoms with Crippen LogP contribution in [0.5, 0.6) is 0 Å². The number of carbonyl (C=O) groups is 1. The fourth-order valence-corrected chi connectivity index (χ4v) is 6.62. The molecular formula is C32H35FN7O2-. The first-order valence-electron chi connectivity index (χ1n) is 14.7. The molecule has 0 spiro atoms. The fraction of sp³-hybridized carbons (Fsp3) is 0.406. The molecule has 4 aromatic rings. The van der Waals surface area contributed by atoms with E-state index in [0.29, 0.717) is 43.8 Å². The Balaban J connectivity index is 1.10. The molecule has 4 heterocycles. The zero-order valence-corrected chi connectivity index (χ0v) is 23.8.